The fourth-order valence-electron chi connectivity index (χ4n) is 1.71. The van der Waals surface area contributed by atoms with Gasteiger partial charge in [-0.3, -0.25) is 0 Å². The maximum atomic E-state index is 11.4. The quantitative estimate of drug-likeness (QED) is 0.856. The Morgan fingerprint density at radius 2 is 2.05 bits per heavy atom. The molecular weight excluding hydrogens is 242 g/mol. The molecule has 0 amide bonds. The second-order valence-corrected chi connectivity index (χ2v) is 4.20. The van der Waals surface area contributed by atoms with Crippen LogP contribution < -0.4 is 5.32 Å². The Bertz CT molecular complexity index is 611. The van der Waals surface area contributed by atoms with Gasteiger partial charge >= 0.3 is 5.97 Å². The number of nitrogens with zero attached hydrogens (tertiary/aromatic N) is 2. The van der Waals surface area contributed by atoms with Gasteiger partial charge in [0.25, 0.3) is 0 Å². The third-order valence-electron chi connectivity index (χ3n) is 2.68. The molecule has 0 aliphatic heterocycles. The van der Waals surface area contributed by atoms with Crippen LogP contribution in [0.15, 0.2) is 30.5 Å². The number of esters is 1. The maximum Gasteiger partial charge on any atom is 0.356 e. The summed E-state index contributed by atoms with van der Waals surface area (Å²) in [4.78, 5) is 19.6. The van der Waals surface area contributed by atoms with E-state index >= 15 is 0 Å². The average molecular weight is 257 g/mol. The second-order valence-electron chi connectivity index (χ2n) is 4.20. The molecule has 0 radical (unpaired) electrons. The second kappa shape index (κ2) is 5.48. The highest BCUT2D eigenvalue weighted by molar-refractivity contribution is 5.87. The standard InChI is InChI=1S/C14H15N3O2/c1-9-4-5-11(10(2)8-9)16-14-15-7-6-12(17-14)13(18)19-3/h4-8H,1-3H3,(H,15,16,17). The monoisotopic (exact) mass is 257 g/mol. The number of nitrogens with one attached hydrogen (secondary N) is 1. The molecule has 5 heteroatoms. The minimum Gasteiger partial charge on any atom is -0.464 e. The van der Waals surface area contributed by atoms with E-state index in [2.05, 4.69) is 26.1 Å². The lowest BCUT2D eigenvalue weighted by molar-refractivity contribution is 0.0594. The predicted molar refractivity (Wildman–Crippen MR) is 72.6 cm³/mol. The Hall–Kier alpha value is -2.43. The minimum atomic E-state index is -0.480. The van der Waals surface area contributed by atoms with Crippen LogP contribution in [0.3, 0.4) is 0 Å². The lowest BCUT2D eigenvalue weighted by Gasteiger charge is -2.09. The van der Waals surface area contributed by atoms with Crippen LogP contribution >= 0.6 is 0 Å². The van der Waals surface area contributed by atoms with Gasteiger partial charge in [-0.1, -0.05) is 17.7 Å². The van der Waals surface area contributed by atoms with Crippen LogP contribution in [0.25, 0.3) is 0 Å². The number of methoxy groups -OCH3 is 1. The number of aromatic nitrogens is 2. The van der Waals surface area contributed by atoms with Crippen molar-refractivity contribution in [1.82, 2.24) is 9.97 Å². The van der Waals surface area contributed by atoms with Gasteiger partial charge in [0.15, 0.2) is 5.69 Å². The summed E-state index contributed by atoms with van der Waals surface area (Å²) in [6, 6.07) is 7.53. The van der Waals surface area contributed by atoms with Gasteiger partial charge in [0.1, 0.15) is 0 Å². The summed E-state index contributed by atoms with van der Waals surface area (Å²) in [5.41, 5.74) is 3.41. The first kappa shape index (κ1) is 13.0. The molecule has 2 rings (SSSR count). The largest absolute Gasteiger partial charge is 0.464 e. The topological polar surface area (TPSA) is 64.1 Å². The van der Waals surface area contributed by atoms with Crippen molar-refractivity contribution in [2.24, 2.45) is 0 Å². The number of hydrogen-bond acceptors (Lipinski definition) is 5. The molecule has 0 saturated carbocycles. The summed E-state index contributed by atoms with van der Waals surface area (Å²) in [6.45, 7) is 4.03. The molecule has 0 fully saturated rings. The van der Waals surface area contributed by atoms with E-state index in [0.717, 1.165) is 11.3 Å². The van der Waals surface area contributed by atoms with Crippen LogP contribution in [0.4, 0.5) is 11.6 Å². The molecule has 19 heavy (non-hydrogen) atoms. The highest BCUT2D eigenvalue weighted by Crippen LogP contribution is 2.19. The van der Waals surface area contributed by atoms with E-state index in [1.54, 1.807) is 0 Å². The molecular formula is C14H15N3O2. The smallest absolute Gasteiger partial charge is 0.356 e. The van der Waals surface area contributed by atoms with Crippen LogP contribution in [-0.4, -0.2) is 23.0 Å². The summed E-state index contributed by atoms with van der Waals surface area (Å²) in [6.07, 6.45) is 1.52. The number of hydrogen-bond donors (Lipinski definition) is 1. The number of benzene rings is 1. The molecule has 2 aromatic rings. The van der Waals surface area contributed by atoms with E-state index in [1.807, 2.05) is 26.0 Å². The van der Waals surface area contributed by atoms with Gasteiger partial charge < -0.3 is 10.1 Å². The van der Waals surface area contributed by atoms with Gasteiger partial charge in [0.05, 0.1) is 7.11 Å². The van der Waals surface area contributed by atoms with Crippen molar-refractivity contribution in [1.29, 1.82) is 0 Å². The lowest BCUT2D eigenvalue weighted by Crippen LogP contribution is -2.07. The van der Waals surface area contributed by atoms with Crippen LogP contribution in [0, 0.1) is 13.8 Å². The van der Waals surface area contributed by atoms with Crippen molar-refractivity contribution in [3.05, 3.63) is 47.3 Å². The van der Waals surface area contributed by atoms with E-state index in [0.29, 0.717) is 5.95 Å². The molecule has 0 bridgehead atoms. The number of anilines is 2. The average Bonchev–Trinajstić information content (AvgIpc) is 2.41. The van der Waals surface area contributed by atoms with Crippen molar-refractivity contribution in [3.8, 4) is 0 Å². The summed E-state index contributed by atoms with van der Waals surface area (Å²) in [7, 11) is 1.32. The number of carbonyl (C=O) groups is 1. The Balaban J connectivity index is 2.26. The molecule has 1 aromatic carbocycles. The first-order valence-electron chi connectivity index (χ1n) is 5.86. The van der Waals surface area contributed by atoms with E-state index in [-0.39, 0.29) is 5.69 Å². The molecule has 1 aromatic heterocycles. The molecule has 0 atom stereocenters. The lowest BCUT2D eigenvalue weighted by atomic mass is 10.1. The summed E-state index contributed by atoms with van der Waals surface area (Å²) in [5.74, 6) is -0.110. The van der Waals surface area contributed by atoms with Gasteiger partial charge in [-0.15, -0.1) is 0 Å². The molecule has 5 nitrogen and oxygen atoms in total. The van der Waals surface area contributed by atoms with Gasteiger partial charge in [0.2, 0.25) is 5.95 Å². The number of rotatable bonds is 3. The van der Waals surface area contributed by atoms with Crippen molar-refractivity contribution in [2.75, 3.05) is 12.4 Å². The zero-order valence-corrected chi connectivity index (χ0v) is 11.1. The van der Waals surface area contributed by atoms with Gasteiger partial charge in [-0.05, 0) is 31.5 Å². The molecule has 98 valence electrons. The summed E-state index contributed by atoms with van der Waals surface area (Å²) in [5, 5.41) is 3.09. The van der Waals surface area contributed by atoms with E-state index in [9.17, 15) is 4.79 Å². The third-order valence-corrected chi connectivity index (χ3v) is 2.68. The fraction of sp³-hybridized carbons (Fsp3) is 0.214. The third kappa shape index (κ3) is 3.07. The van der Waals surface area contributed by atoms with Crippen molar-refractivity contribution < 1.29 is 9.53 Å². The normalized spacial score (nSPS) is 10.1. The van der Waals surface area contributed by atoms with Crippen molar-refractivity contribution in [2.45, 2.75) is 13.8 Å². The Morgan fingerprint density at radius 3 is 2.74 bits per heavy atom. The Labute approximate surface area is 111 Å². The molecule has 0 unspecified atom stereocenters. The molecule has 1 heterocycles. The van der Waals surface area contributed by atoms with E-state index in [1.165, 1.54) is 24.9 Å². The SMILES string of the molecule is COC(=O)c1ccnc(Nc2ccc(C)cc2C)n1. The van der Waals surface area contributed by atoms with E-state index < -0.39 is 5.97 Å². The highest BCUT2D eigenvalue weighted by atomic mass is 16.5. The Kier molecular flexibility index (Phi) is 3.75. The molecule has 0 aliphatic carbocycles. The van der Waals surface area contributed by atoms with Crippen molar-refractivity contribution in [3.63, 3.8) is 0 Å². The zero-order chi connectivity index (χ0) is 13.8. The zero-order valence-electron chi connectivity index (χ0n) is 11.1. The van der Waals surface area contributed by atoms with Gasteiger partial charge in [-0.25, -0.2) is 14.8 Å². The molecule has 1 N–H and O–H groups in total. The number of aryl methyl sites for hydroxylation is 2. The van der Waals surface area contributed by atoms with Gasteiger partial charge in [-0.2, -0.15) is 0 Å². The predicted octanol–water partition coefficient (Wildman–Crippen LogP) is 2.62. The summed E-state index contributed by atoms with van der Waals surface area (Å²) < 4.78 is 4.62. The molecule has 0 spiro atoms. The molecule has 0 aliphatic rings. The van der Waals surface area contributed by atoms with Crippen LogP contribution in [0.5, 0.6) is 0 Å². The minimum absolute atomic E-state index is 0.227. The highest BCUT2D eigenvalue weighted by Gasteiger charge is 2.09. The van der Waals surface area contributed by atoms with Crippen molar-refractivity contribution >= 4 is 17.6 Å². The number of ether oxygens (including phenoxy) is 1. The number of carbonyl (C=O) groups excluding carboxylic acids is 1. The Morgan fingerprint density at radius 1 is 1.26 bits per heavy atom. The fourth-order valence-corrected chi connectivity index (χ4v) is 1.71. The van der Waals surface area contributed by atoms with Crippen LogP contribution in [0.1, 0.15) is 21.6 Å². The van der Waals surface area contributed by atoms with Crippen LogP contribution in [0.2, 0.25) is 0 Å². The van der Waals surface area contributed by atoms with Gasteiger partial charge in [0, 0.05) is 11.9 Å². The first-order valence-corrected chi connectivity index (χ1v) is 5.86. The maximum absolute atomic E-state index is 11.4. The summed E-state index contributed by atoms with van der Waals surface area (Å²) >= 11 is 0. The van der Waals surface area contributed by atoms with Crippen LogP contribution in [-0.2, 0) is 4.74 Å². The molecule has 0 saturated heterocycles. The van der Waals surface area contributed by atoms with E-state index in [4.69, 9.17) is 0 Å². The first-order chi connectivity index (χ1) is 9.10.